The smallest absolute Gasteiger partial charge is 0.0558 e. The Hall–Kier alpha value is 0.660. The molecular weight excluding hydrogens is 140 g/mol. The summed E-state index contributed by atoms with van der Waals surface area (Å²) in [6.07, 6.45) is 0. The first-order chi connectivity index (χ1) is 3.93. The molecule has 1 rings (SSSR count). The normalized spacial score (nSPS) is 30.4. The Bertz CT molecular complexity index is 61.4. The van der Waals surface area contributed by atoms with Crippen LogP contribution in [0.25, 0.3) is 0 Å². The van der Waals surface area contributed by atoms with Crippen LogP contribution in [-0.2, 0) is 0 Å². The molecule has 0 aliphatic carbocycles. The SMILES string of the molecule is OCC1CSCCS1. The molecule has 1 heterocycles. The van der Waals surface area contributed by atoms with E-state index in [1.807, 2.05) is 23.5 Å². The number of aliphatic hydroxyl groups is 1. The Morgan fingerprint density at radius 3 is 2.75 bits per heavy atom. The number of aliphatic hydroxyl groups excluding tert-OH is 1. The summed E-state index contributed by atoms with van der Waals surface area (Å²) in [4.78, 5) is 0. The quantitative estimate of drug-likeness (QED) is 0.598. The van der Waals surface area contributed by atoms with Crippen LogP contribution >= 0.6 is 23.5 Å². The average Bonchev–Trinajstić information content (AvgIpc) is 1.90. The van der Waals surface area contributed by atoms with Gasteiger partial charge >= 0.3 is 0 Å². The van der Waals surface area contributed by atoms with Gasteiger partial charge < -0.3 is 5.11 Å². The molecule has 3 heteroatoms. The Morgan fingerprint density at radius 1 is 1.50 bits per heavy atom. The highest BCUT2D eigenvalue weighted by molar-refractivity contribution is 8.06. The molecule has 0 aromatic rings. The number of thioether (sulfide) groups is 2. The van der Waals surface area contributed by atoms with Crippen molar-refractivity contribution in [2.75, 3.05) is 23.9 Å². The number of hydrogen-bond donors (Lipinski definition) is 1. The summed E-state index contributed by atoms with van der Waals surface area (Å²) in [6, 6.07) is 0. The van der Waals surface area contributed by atoms with Crippen LogP contribution < -0.4 is 0 Å². The lowest BCUT2D eigenvalue weighted by Crippen LogP contribution is -2.17. The molecule has 0 spiro atoms. The topological polar surface area (TPSA) is 20.2 Å². The lowest BCUT2D eigenvalue weighted by atomic mass is 10.5. The van der Waals surface area contributed by atoms with Crippen molar-refractivity contribution >= 4 is 23.5 Å². The third-order valence-electron chi connectivity index (χ3n) is 1.09. The molecule has 48 valence electrons. The number of rotatable bonds is 1. The van der Waals surface area contributed by atoms with E-state index < -0.39 is 0 Å². The van der Waals surface area contributed by atoms with Crippen molar-refractivity contribution in [2.45, 2.75) is 5.25 Å². The fourth-order valence-corrected chi connectivity index (χ4v) is 3.15. The van der Waals surface area contributed by atoms with Crippen molar-refractivity contribution in [3.8, 4) is 0 Å². The first-order valence-electron chi connectivity index (χ1n) is 2.73. The minimum atomic E-state index is 0.359. The molecule has 0 aromatic carbocycles. The zero-order valence-electron chi connectivity index (χ0n) is 4.67. The van der Waals surface area contributed by atoms with Crippen molar-refractivity contribution in [1.29, 1.82) is 0 Å². The third-order valence-corrected chi connectivity index (χ3v) is 3.92. The molecule has 1 unspecified atom stereocenters. The van der Waals surface area contributed by atoms with Crippen LogP contribution in [-0.4, -0.2) is 34.2 Å². The predicted octanol–water partition coefficient (Wildman–Crippen LogP) is 0.827. The van der Waals surface area contributed by atoms with Crippen LogP contribution in [0.2, 0.25) is 0 Å². The highest BCUT2D eigenvalue weighted by atomic mass is 32.2. The Morgan fingerprint density at radius 2 is 2.38 bits per heavy atom. The van der Waals surface area contributed by atoms with Gasteiger partial charge in [-0.3, -0.25) is 0 Å². The van der Waals surface area contributed by atoms with Crippen molar-refractivity contribution in [2.24, 2.45) is 0 Å². The van der Waals surface area contributed by atoms with Gasteiger partial charge in [-0.1, -0.05) is 0 Å². The zero-order chi connectivity index (χ0) is 5.82. The number of hydrogen-bond acceptors (Lipinski definition) is 3. The van der Waals surface area contributed by atoms with Gasteiger partial charge in [-0.25, -0.2) is 0 Å². The molecule has 1 nitrogen and oxygen atoms in total. The molecule has 1 atom stereocenters. The summed E-state index contributed by atoms with van der Waals surface area (Å²) in [5, 5.41) is 9.18. The summed E-state index contributed by atoms with van der Waals surface area (Å²) in [6.45, 7) is 0.359. The maximum absolute atomic E-state index is 8.66. The van der Waals surface area contributed by atoms with Crippen molar-refractivity contribution < 1.29 is 5.11 Å². The van der Waals surface area contributed by atoms with E-state index in [1.165, 1.54) is 11.5 Å². The van der Waals surface area contributed by atoms with Crippen LogP contribution in [0.4, 0.5) is 0 Å². The minimum Gasteiger partial charge on any atom is -0.395 e. The van der Waals surface area contributed by atoms with Crippen LogP contribution in [0.15, 0.2) is 0 Å². The Labute approximate surface area is 58.2 Å². The molecule has 0 bridgehead atoms. The van der Waals surface area contributed by atoms with Gasteiger partial charge in [0.2, 0.25) is 0 Å². The van der Waals surface area contributed by atoms with Gasteiger partial charge in [0.15, 0.2) is 0 Å². The molecule has 1 N–H and O–H groups in total. The van der Waals surface area contributed by atoms with E-state index in [9.17, 15) is 0 Å². The lowest BCUT2D eigenvalue weighted by molar-refractivity contribution is 0.301. The monoisotopic (exact) mass is 150 g/mol. The van der Waals surface area contributed by atoms with Crippen LogP contribution in [0.1, 0.15) is 0 Å². The predicted molar refractivity (Wildman–Crippen MR) is 40.7 cm³/mol. The molecular formula is C5H10OS2. The molecule has 1 saturated heterocycles. The molecule has 1 aliphatic heterocycles. The molecule has 0 saturated carbocycles. The molecule has 0 amide bonds. The second kappa shape index (κ2) is 3.64. The summed E-state index contributed by atoms with van der Waals surface area (Å²) >= 11 is 3.84. The van der Waals surface area contributed by atoms with Gasteiger partial charge in [0.1, 0.15) is 0 Å². The third kappa shape index (κ3) is 1.88. The van der Waals surface area contributed by atoms with Gasteiger partial charge in [-0.2, -0.15) is 23.5 Å². The highest BCUT2D eigenvalue weighted by Gasteiger charge is 2.11. The van der Waals surface area contributed by atoms with Crippen LogP contribution in [0, 0.1) is 0 Å². The summed E-state index contributed by atoms with van der Waals surface area (Å²) in [5.74, 6) is 3.62. The fraction of sp³-hybridized carbons (Fsp3) is 1.00. The molecule has 1 fully saturated rings. The van der Waals surface area contributed by atoms with Gasteiger partial charge in [-0.15, -0.1) is 0 Å². The van der Waals surface area contributed by atoms with E-state index >= 15 is 0 Å². The maximum Gasteiger partial charge on any atom is 0.0558 e. The van der Waals surface area contributed by atoms with Gasteiger partial charge in [0.25, 0.3) is 0 Å². The van der Waals surface area contributed by atoms with E-state index in [4.69, 9.17) is 5.11 Å². The highest BCUT2D eigenvalue weighted by Crippen LogP contribution is 2.22. The molecule has 8 heavy (non-hydrogen) atoms. The molecule has 1 aliphatic rings. The largest absolute Gasteiger partial charge is 0.395 e. The van der Waals surface area contributed by atoms with E-state index in [2.05, 4.69) is 0 Å². The summed E-state index contributed by atoms with van der Waals surface area (Å²) in [5.41, 5.74) is 0. The van der Waals surface area contributed by atoms with Crippen LogP contribution in [0.5, 0.6) is 0 Å². The zero-order valence-corrected chi connectivity index (χ0v) is 6.30. The first kappa shape index (κ1) is 6.78. The maximum atomic E-state index is 8.66. The van der Waals surface area contributed by atoms with Crippen molar-refractivity contribution in [3.63, 3.8) is 0 Å². The molecule has 0 aromatic heterocycles. The molecule has 0 radical (unpaired) electrons. The Kier molecular flexibility index (Phi) is 3.08. The summed E-state index contributed by atoms with van der Waals surface area (Å²) < 4.78 is 0. The fourth-order valence-electron chi connectivity index (χ4n) is 0.642. The van der Waals surface area contributed by atoms with Crippen molar-refractivity contribution in [3.05, 3.63) is 0 Å². The summed E-state index contributed by atoms with van der Waals surface area (Å²) in [7, 11) is 0. The second-order valence-corrected chi connectivity index (χ2v) is 4.31. The van der Waals surface area contributed by atoms with E-state index in [0.717, 1.165) is 5.75 Å². The lowest BCUT2D eigenvalue weighted by Gasteiger charge is -2.17. The Balaban J connectivity index is 2.13. The minimum absolute atomic E-state index is 0.359. The van der Waals surface area contributed by atoms with Crippen LogP contribution in [0.3, 0.4) is 0 Å². The standard InChI is InChI=1S/C5H10OS2/c6-3-5-4-7-1-2-8-5/h5-6H,1-4H2. The van der Waals surface area contributed by atoms with E-state index in [-0.39, 0.29) is 0 Å². The van der Waals surface area contributed by atoms with Gasteiger partial charge in [-0.05, 0) is 0 Å². The first-order valence-corrected chi connectivity index (χ1v) is 4.94. The average molecular weight is 150 g/mol. The van der Waals surface area contributed by atoms with Gasteiger partial charge in [0.05, 0.1) is 6.61 Å². The second-order valence-electron chi connectivity index (χ2n) is 1.75. The van der Waals surface area contributed by atoms with Gasteiger partial charge in [0, 0.05) is 22.5 Å². The van der Waals surface area contributed by atoms with E-state index in [1.54, 1.807) is 0 Å². The van der Waals surface area contributed by atoms with E-state index in [0.29, 0.717) is 11.9 Å². The van der Waals surface area contributed by atoms with Crippen molar-refractivity contribution in [1.82, 2.24) is 0 Å².